The second-order valence-electron chi connectivity index (χ2n) is 7.38. The maximum absolute atomic E-state index is 5.66. The Morgan fingerprint density at radius 1 is 1.27 bits per heavy atom. The monoisotopic (exact) mass is 422 g/mol. The third kappa shape index (κ3) is 4.59. The summed E-state index contributed by atoms with van der Waals surface area (Å²) in [6.07, 6.45) is 4.84. The van der Waals surface area contributed by atoms with Crippen molar-refractivity contribution in [2.75, 3.05) is 46.9 Å². The van der Waals surface area contributed by atoms with Crippen LogP contribution in [0.5, 0.6) is 0 Å². The van der Waals surface area contributed by atoms with Gasteiger partial charge in [-0.05, 0) is 50.4 Å². The molecule has 2 aliphatic heterocycles. The van der Waals surface area contributed by atoms with E-state index >= 15 is 0 Å². The molecule has 0 aliphatic carbocycles. The fourth-order valence-corrected chi connectivity index (χ4v) is 4.54. The Labute approximate surface area is 165 Å². The van der Waals surface area contributed by atoms with Gasteiger partial charge in [0.15, 0.2) is 5.96 Å². The predicted molar refractivity (Wildman–Crippen MR) is 111 cm³/mol. The molecule has 0 unspecified atom stereocenters. The minimum atomic E-state index is 0.207. The van der Waals surface area contributed by atoms with Gasteiger partial charge in [0, 0.05) is 50.4 Å². The van der Waals surface area contributed by atoms with Crippen LogP contribution in [0.2, 0.25) is 0 Å². The topological polar surface area (TPSA) is 40.1 Å². The van der Waals surface area contributed by atoms with Crippen LogP contribution in [0.4, 0.5) is 0 Å². The molecule has 1 aromatic carbocycles. The van der Waals surface area contributed by atoms with Crippen molar-refractivity contribution in [3.63, 3.8) is 0 Å². The van der Waals surface area contributed by atoms with Gasteiger partial charge >= 0.3 is 0 Å². The van der Waals surface area contributed by atoms with Gasteiger partial charge in [0.1, 0.15) is 0 Å². The number of aliphatic imine (C=N–C) groups is 1. The van der Waals surface area contributed by atoms with Crippen molar-refractivity contribution in [2.45, 2.75) is 37.8 Å². The second-order valence-corrected chi connectivity index (χ2v) is 8.23. The van der Waals surface area contributed by atoms with Crippen LogP contribution in [0.15, 0.2) is 33.7 Å². The molecule has 0 saturated carbocycles. The first-order valence-electron chi connectivity index (χ1n) is 9.63. The minimum absolute atomic E-state index is 0.207. The molecule has 3 rings (SSSR count). The molecule has 0 radical (unpaired) electrons. The number of ether oxygens (including phenoxy) is 1. The maximum Gasteiger partial charge on any atom is 0.193 e. The van der Waals surface area contributed by atoms with Gasteiger partial charge in [-0.2, -0.15) is 0 Å². The molecule has 0 bridgehead atoms. The van der Waals surface area contributed by atoms with Crippen LogP contribution in [0.1, 0.15) is 31.2 Å². The van der Waals surface area contributed by atoms with Crippen molar-refractivity contribution in [1.29, 1.82) is 0 Å². The quantitative estimate of drug-likeness (QED) is 0.584. The Kier molecular flexibility index (Phi) is 6.95. The van der Waals surface area contributed by atoms with Crippen molar-refractivity contribution in [3.8, 4) is 0 Å². The number of nitrogens with one attached hydrogen (secondary N) is 1. The first-order valence-corrected chi connectivity index (χ1v) is 10.4. The number of hydrogen-bond donors (Lipinski definition) is 1. The Balaban J connectivity index is 1.64. The normalized spacial score (nSPS) is 21.0. The minimum Gasteiger partial charge on any atom is -0.381 e. The van der Waals surface area contributed by atoms with Crippen LogP contribution in [-0.4, -0.2) is 68.2 Å². The van der Waals surface area contributed by atoms with Crippen molar-refractivity contribution in [1.82, 2.24) is 15.1 Å². The fraction of sp³-hybridized carbons (Fsp3) is 0.650. The SMILES string of the molecule is CN=C(NCC1(N2CCCC2)CCOCC1)N(C)Cc1ccccc1Br. The summed E-state index contributed by atoms with van der Waals surface area (Å²) in [5.41, 5.74) is 1.47. The molecule has 0 spiro atoms. The van der Waals surface area contributed by atoms with E-state index in [0.29, 0.717) is 0 Å². The molecule has 2 saturated heterocycles. The van der Waals surface area contributed by atoms with Crippen molar-refractivity contribution in [3.05, 3.63) is 34.3 Å². The molecule has 2 heterocycles. The van der Waals surface area contributed by atoms with E-state index in [9.17, 15) is 0 Å². The van der Waals surface area contributed by atoms with Gasteiger partial charge < -0.3 is 15.0 Å². The summed E-state index contributed by atoms with van der Waals surface area (Å²) >= 11 is 3.64. The van der Waals surface area contributed by atoms with E-state index in [1.165, 1.54) is 31.5 Å². The Bertz CT molecular complexity index is 610. The van der Waals surface area contributed by atoms with Gasteiger partial charge in [-0.1, -0.05) is 34.1 Å². The number of hydrogen-bond acceptors (Lipinski definition) is 3. The average molecular weight is 423 g/mol. The standard InChI is InChI=1S/C20H31BrN4O/c1-22-19(24(2)15-17-7-3-4-8-18(17)21)23-16-20(9-13-26-14-10-20)25-11-5-6-12-25/h3-4,7-8H,5-6,9-16H2,1-2H3,(H,22,23). The average Bonchev–Trinajstić information content (AvgIpc) is 3.20. The fourth-order valence-electron chi connectivity index (χ4n) is 4.13. The highest BCUT2D eigenvalue weighted by molar-refractivity contribution is 9.10. The van der Waals surface area contributed by atoms with Crippen molar-refractivity contribution < 1.29 is 4.74 Å². The largest absolute Gasteiger partial charge is 0.381 e. The smallest absolute Gasteiger partial charge is 0.193 e. The van der Waals surface area contributed by atoms with Gasteiger partial charge in [-0.25, -0.2) is 0 Å². The van der Waals surface area contributed by atoms with Crippen LogP contribution in [0.3, 0.4) is 0 Å². The highest BCUT2D eigenvalue weighted by Crippen LogP contribution is 2.30. The highest BCUT2D eigenvalue weighted by atomic mass is 79.9. The first-order chi connectivity index (χ1) is 12.6. The predicted octanol–water partition coefficient (Wildman–Crippen LogP) is 3.10. The Morgan fingerprint density at radius 2 is 1.96 bits per heavy atom. The summed E-state index contributed by atoms with van der Waals surface area (Å²) in [5, 5.41) is 3.66. The molecule has 0 aromatic heterocycles. The number of benzene rings is 1. The summed E-state index contributed by atoms with van der Waals surface area (Å²) in [5.74, 6) is 0.950. The zero-order valence-electron chi connectivity index (χ0n) is 16.0. The highest BCUT2D eigenvalue weighted by Gasteiger charge is 2.39. The number of guanidine groups is 1. The van der Waals surface area contributed by atoms with E-state index in [1.54, 1.807) is 0 Å². The van der Waals surface area contributed by atoms with E-state index < -0.39 is 0 Å². The van der Waals surface area contributed by atoms with Crippen LogP contribution < -0.4 is 5.32 Å². The van der Waals surface area contributed by atoms with Crippen molar-refractivity contribution >= 4 is 21.9 Å². The summed E-state index contributed by atoms with van der Waals surface area (Å²) in [6.45, 7) is 5.91. The van der Waals surface area contributed by atoms with Gasteiger partial charge in [-0.3, -0.25) is 9.89 Å². The Hall–Kier alpha value is -1.11. The van der Waals surface area contributed by atoms with Gasteiger partial charge in [0.05, 0.1) is 0 Å². The third-order valence-electron chi connectivity index (χ3n) is 5.71. The molecule has 1 N–H and O–H groups in total. The van der Waals surface area contributed by atoms with Crippen LogP contribution >= 0.6 is 15.9 Å². The molecule has 1 aromatic rings. The molecule has 0 atom stereocenters. The van der Waals surface area contributed by atoms with Gasteiger partial charge in [0.2, 0.25) is 0 Å². The summed E-state index contributed by atoms with van der Waals surface area (Å²) in [7, 11) is 3.96. The molecule has 144 valence electrons. The number of nitrogens with zero attached hydrogens (tertiary/aromatic N) is 3. The molecular formula is C20H31BrN4O. The zero-order valence-corrected chi connectivity index (χ0v) is 17.6. The van der Waals surface area contributed by atoms with Crippen LogP contribution in [0, 0.1) is 0 Å². The number of likely N-dealkylation sites (tertiary alicyclic amines) is 1. The molecule has 5 nitrogen and oxygen atoms in total. The van der Waals surface area contributed by atoms with E-state index in [-0.39, 0.29) is 5.54 Å². The van der Waals surface area contributed by atoms with Gasteiger partial charge in [0.25, 0.3) is 0 Å². The molecular weight excluding hydrogens is 392 g/mol. The van der Waals surface area contributed by atoms with E-state index in [1.807, 2.05) is 13.1 Å². The Morgan fingerprint density at radius 3 is 2.62 bits per heavy atom. The summed E-state index contributed by atoms with van der Waals surface area (Å²) in [4.78, 5) is 9.40. The molecule has 26 heavy (non-hydrogen) atoms. The second kappa shape index (κ2) is 9.20. The molecule has 6 heteroatoms. The van der Waals surface area contributed by atoms with Gasteiger partial charge in [-0.15, -0.1) is 0 Å². The number of halogens is 1. The lowest BCUT2D eigenvalue weighted by molar-refractivity contribution is -0.0166. The van der Waals surface area contributed by atoms with E-state index in [2.05, 4.69) is 61.3 Å². The summed E-state index contributed by atoms with van der Waals surface area (Å²) < 4.78 is 6.80. The maximum atomic E-state index is 5.66. The van der Waals surface area contributed by atoms with Crippen LogP contribution in [0.25, 0.3) is 0 Å². The zero-order chi connectivity index (χ0) is 18.4. The van der Waals surface area contributed by atoms with Crippen LogP contribution in [-0.2, 0) is 11.3 Å². The molecule has 2 fully saturated rings. The summed E-state index contributed by atoms with van der Waals surface area (Å²) in [6, 6.07) is 8.36. The lowest BCUT2D eigenvalue weighted by atomic mass is 9.88. The van der Waals surface area contributed by atoms with E-state index in [0.717, 1.165) is 49.6 Å². The third-order valence-corrected chi connectivity index (χ3v) is 6.49. The molecule has 0 amide bonds. The molecule has 2 aliphatic rings. The van der Waals surface area contributed by atoms with Crippen molar-refractivity contribution in [2.24, 2.45) is 4.99 Å². The van der Waals surface area contributed by atoms with E-state index in [4.69, 9.17) is 4.74 Å². The lowest BCUT2D eigenvalue weighted by Gasteiger charge is -2.45. The lowest BCUT2D eigenvalue weighted by Crippen LogP contribution is -2.58. The first kappa shape index (κ1) is 19.6. The number of rotatable bonds is 5.